The van der Waals surface area contributed by atoms with Crippen LogP contribution in [0.3, 0.4) is 0 Å². The first-order valence-corrected chi connectivity index (χ1v) is 6.09. The summed E-state index contributed by atoms with van der Waals surface area (Å²) in [4.78, 5) is 7.44. The quantitative estimate of drug-likeness (QED) is 0.726. The van der Waals surface area contributed by atoms with Crippen molar-refractivity contribution in [2.24, 2.45) is 0 Å². The van der Waals surface area contributed by atoms with Crippen LogP contribution in [-0.4, -0.2) is 15.6 Å². The molecule has 0 saturated carbocycles. The van der Waals surface area contributed by atoms with Crippen LogP contribution in [0.25, 0.3) is 0 Å². The summed E-state index contributed by atoms with van der Waals surface area (Å²) in [5.41, 5.74) is 0.172. The highest BCUT2D eigenvalue weighted by molar-refractivity contribution is 5.05. The van der Waals surface area contributed by atoms with E-state index in [9.17, 15) is 4.39 Å². The first-order valence-electron chi connectivity index (χ1n) is 6.09. The highest BCUT2D eigenvalue weighted by atomic mass is 19.1. The number of nitrogens with zero attached hydrogens (tertiary/aromatic N) is 1. The molecular weight excluding hydrogens is 203 g/mol. The molecule has 0 aliphatic heterocycles. The Balaban J connectivity index is 2.23. The third-order valence-corrected chi connectivity index (χ3v) is 2.91. The minimum Gasteiger partial charge on any atom is -0.346 e. The summed E-state index contributed by atoms with van der Waals surface area (Å²) in [6, 6.07) is 0. The summed E-state index contributed by atoms with van der Waals surface area (Å²) in [5.74, 6) is 1.45. The van der Waals surface area contributed by atoms with E-state index in [-0.39, 0.29) is 0 Å². The van der Waals surface area contributed by atoms with Crippen LogP contribution in [-0.2, 0) is 0 Å². The van der Waals surface area contributed by atoms with Crippen molar-refractivity contribution in [1.29, 1.82) is 0 Å². The molecule has 1 N–H and O–H groups in total. The molecule has 0 bridgehead atoms. The standard InChI is InChI=1S/C13H23FN2/c1-10(12-9-15-11(2)16-12)7-5-6-8-13(3,4)14/h9-10H,5-8H2,1-4H3,(H,15,16). The van der Waals surface area contributed by atoms with Gasteiger partial charge in [-0.15, -0.1) is 0 Å². The zero-order chi connectivity index (χ0) is 12.2. The average Bonchev–Trinajstić information content (AvgIpc) is 2.57. The normalized spacial score (nSPS) is 14.1. The van der Waals surface area contributed by atoms with Gasteiger partial charge in [0.15, 0.2) is 0 Å². The predicted octanol–water partition coefficient (Wildman–Crippen LogP) is 4.13. The van der Waals surface area contributed by atoms with Gasteiger partial charge in [-0.25, -0.2) is 9.37 Å². The van der Waals surface area contributed by atoms with E-state index in [1.807, 2.05) is 13.1 Å². The van der Waals surface area contributed by atoms with E-state index in [2.05, 4.69) is 16.9 Å². The van der Waals surface area contributed by atoms with Gasteiger partial charge < -0.3 is 4.98 Å². The number of hydrogen-bond acceptors (Lipinski definition) is 1. The Labute approximate surface area is 97.7 Å². The molecule has 1 aromatic heterocycles. The number of unbranched alkanes of at least 4 members (excludes halogenated alkanes) is 1. The number of hydrogen-bond donors (Lipinski definition) is 1. The molecule has 92 valence electrons. The first kappa shape index (κ1) is 13.2. The Hall–Kier alpha value is -0.860. The molecule has 1 aromatic rings. The molecule has 0 amide bonds. The lowest BCUT2D eigenvalue weighted by Gasteiger charge is -2.14. The summed E-state index contributed by atoms with van der Waals surface area (Å²) >= 11 is 0. The molecule has 2 nitrogen and oxygen atoms in total. The molecular formula is C13H23FN2. The van der Waals surface area contributed by atoms with Crippen LogP contribution in [0.2, 0.25) is 0 Å². The Morgan fingerprint density at radius 1 is 1.44 bits per heavy atom. The van der Waals surface area contributed by atoms with Crippen LogP contribution < -0.4 is 0 Å². The molecule has 0 aromatic carbocycles. The highest BCUT2D eigenvalue weighted by Crippen LogP contribution is 2.23. The number of halogens is 1. The molecule has 0 fully saturated rings. The van der Waals surface area contributed by atoms with E-state index in [0.29, 0.717) is 12.3 Å². The Morgan fingerprint density at radius 3 is 2.62 bits per heavy atom. The molecule has 0 spiro atoms. The lowest BCUT2D eigenvalue weighted by Crippen LogP contribution is -2.11. The zero-order valence-corrected chi connectivity index (χ0v) is 10.8. The van der Waals surface area contributed by atoms with Crippen LogP contribution in [0.15, 0.2) is 6.20 Å². The smallest absolute Gasteiger partial charge is 0.105 e. The van der Waals surface area contributed by atoms with Gasteiger partial charge in [-0.3, -0.25) is 0 Å². The summed E-state index contributed by atoms with van der Waals surface area (Å²) in [6.45, 7) is 7.44. The molecule has 1 atom stereocenters. The SMILES string of the molecule is Cc1ncc(C(C)CCCCC(C)(C)F)[nH]1. The number of imidazole rings is 1. The molecule has 3 heteroatoms. The van der Waals surface area contributed by atoms with Crippen molar-refractivity contribution in [3.05, 3.63) is 17.7 Å². The Morgan fingerprint density at radius 2 is 2.12 bits per heavy atom. The number of rotatable bonds is 6. The lowest BCUT2D eigenvalue weighted by molar-refractivity contribution is 0.195. The summed E-state index contributed by atoms with van der Waals surface area (Å²) < 4.78 is 13.2. The summed E-state index contributed by atoms with van der Waals surface area (Å²) in [7, 11) is 0. The fourth-order valence-corrected chi connectivity index (χ4v) is 1.84. The molecule has 0 aliphatic rings. The fourth-order valence-electron chi connectivity index (χ4n) is 1.84. The number of aryl methyl sites for hydroxylation is 1. The number of alkyl halides is 1. The van der Waals surface area contributed by atoms with Crippen LogP contribution in [0.4, 0.5) is 4.39 Å². The second-order valence-corrected chi connectivity index (χ2v) is 5.29. The maximum Gasteiger partial charge on any atom is 0.105 e. The Kier molecular flexibility index (Phi) is 4.51. The van der Waals surface area contributed by atoms with Gasteiger partial charge in [0.2, 0.25) is 0 Å². The van der Waals surface area contributed by atoms with Gasteiger partial charge in [0.25, 0.3) is 0 Å². The molecule has 0 aliphatic carbocycles. The minimum absolute atomic E-state index is 0.490. The highest BCUT2D eigenvalue weighted by Gasteiger charge is 2.15. The van der Waals surface area contributed by atoms with Gasteiger partial charge in [-0.2, -0.15) is 0 Å². The minimum atomic E-state index is -1.02. The molecule has 1 heterocycles. The van der Waals surface area contributed by atoms with Crippen LogP contribution in [0.5, 0.6) is 0 Å². The van der Waals surface area contributed by atoms with Crippen molar-refractivity contribution in [3.8, 4) is 0 Å². The van der Waals surface area contributed by atoms with Crippen molar-refractivity contribution in [3.63, 3.8) is 0 Å². The topological polar surface area (TPSA) is 28.7 Å². The Bertz CT molecular complexity index is 312. The predicted molar refractivity (Wildman–Crippen MR) is 65.4 cm³/mol. The zero-order valence-electron chi connectivity index (χ0n) is 10.8. The van der Waals surface area contributed by atoms with Crippen molar-refractivity contribution >= 4 is 0 Å². The summed E-state index contributed by atoms with van der Waals surface area (Å²) in [6.07, 6.45) is 5.69. The molecule has 0 radical (unpaired) electrons. The van der Waals surface area contributed by atoms with Crippen molar-refractivity contribution in [2.75, 3.05) is 0 Å². The number of aromatic nitrogens is 2. The second-order valence-electron chi connectivity index (χ2n) is 5.29. The number of nitrogens with one attached hydrogen (secondary N) is 1. The fraction of sp³-hybridized carbons (Fsp3) is 0.769. The van der Waals surface area contributed by atoms with Crippen LogP contribution >= 0.6 is 0 Å². The maximum absolute atomic E-state index is 13.2. The van der Waals surface area contributed by atoms with Crippen molar-refractivity contribution in [2.45, 2.75) is 65.0 Å². The third kappa shape index (κ3) is 4.77. The van der Waals surface area contributed by atoms with E-state index < -0.39 is 5.67 Å². The van der Waals surface area contributed by atoms with Gasteiger partial charge >= 0.3 is 0 Å². The van der Waals surface area contributed by atoms with Crippen molar-refractivity contribution < 1.29 is 4.39 Å². The second kappa shape index (κ2) is 5.46. The van der Waals surface area contributed by atoms with Gasteiger partial charge in [0.1, 0.15) is 11.5 Å². The summed E-state index contributed by atoms with van der Waals surface area (Å²) in [5, 5.41) is 0. The van der Waals surface area contributed by atoms with Gasteiger partial charge in [-0.1, -0.05) is 19.8 Å². The largest absolute Gasteiger partial charge is 0.346 e. The molecule has 0 saturated heterocycles. The van der Waals surface area contributed by atoms with E-state index in [1.54, 1.807) is 13.8 Å². The maximum atomic E-state index is 13.2. The van der Waals surface area contributed by atoms with Gasteiger partial charge in [0.05, 0.1) is 0 Å². The van der Waals surface area contributed by atoms with Gasteiger partial charge in [0, 0.05) is 11.9 Å². The number of aromatic amines is 1. The lowest BCUT2D eigenvalue weighted by atomic mass is 9.97. The molecule has 16 heavy (non-hydrogen) atoms. The van der Waals surface area contributed by atoms with E-state index in [4.69, 9.17) is 0 Å². The van der Waals surface area contributed by atoms with Crippen molar-refractivity contribution in [1.82, 2.24) is 9.97 Å². The van der Waals surface area contributed by atoms with E-state index in [0.717, 1.165) is 25.1 Å². The molecule has 1 rings (SSSR count). The van der Waals surface area contributed by atoms with E-state index >= 15 is 0 Å². The van der Waals surface area contributed by atoms with Crippen LogP contribution in [0, 0.1) is 6.92 Å². The molecule has 1 unspecified atom stereocenters. The van der Waals surface area contributed by atoms with Crippen LogP contribution in [0.1, 0.15) is 63.9 Å². The van der Waals surface area contributed by atoms with E-state index in [1.165, 1.54) is 5.69 Å². The monoisotopic (exact) mass is 226 g/mol. The number of H-pyrrole nitrogens is 1. The average molecular weight is 226 g/mol. The third-order valence-electron chi connectivity index (χ3n) is 2.91. The van der Waals surface area contributed by atoms with Gasteiger partial charge in [-0.05, 0) is 39.5 Å². The first-order chi connectivity index (χ1) is 7.38.